The Hall–Kier alpha value is -0.820. The monoisotopic (exact) mass is 243 g/mol. The van der Waals surface area contributed by atoms with Crippen molar-refractivity contribution < 1.29 is 0 Å². The zero-order valence-corrected chi connectivity index (χ0v) is 11.5. The molecule has 98 valence electrons. The zero-order valence-electron chi connectivity index (χ0n) is 11.5. The average Bonchev–Trinajstić information content (AvgIpc) is 2.93. The lowest BCUT2D eigenvalue weighted by Crippen LogP contribution is -2.24. The Labute approximate surface area is 111 Å². The van der Waals surface area contributed by atoms with Crippen LogP contribution in [0.25, 0.3) is 0 Å². The Bertz CT molecular complexity index is 404. The molecule has 1 atom stereocenters. The van der Waals surface area contributed by atoms with Crippen LogP contribution in [0.2, 0.25) is 0 Å². The van der Waals surface area contributed by atoms with Crippen LogP contribution >= 0.6 is 0 Å². The van der Waals surface area contributed by atoms with E-state index in [-0.39, 0.29) is 0 Å². The molecule has 1 N–H and O–H groups in total. The van der Waals surface area contributed by atoms with Gasteiger partial charge in [-0.1, -0.05) is 31.0 Å². The molecule has 0 bridgehead atoms. The largest absolute Gasteiger partial charge is 0.313 e. The fraction of sp³-hybridized carbons (Fsp3) is 0.647. The van der Waals surface area contributed by atoms with Crippen molar-refractivity contribution in [2.24, 2.45) is 5.92 Å². The molecule has 0 amide bonds. The SMILES string of the molecule is CNC(c1ccc2c(c1)CCCC2)C1CCCC1. The first-order valence-corrected chi connectivity index (χ1v) is 7.67. The number of hydrogen-bond acceptors (Lipinski definition) is 1. The molecule has 1 heteroatoms. The molecule has 0 radical (unpaired) electrons. The molecule has 1 unspecified atom stereocenters. The maximum absolute atomic E-state index is 3.57. The van der Waals surface area contributed by atoms with Crippen LogP contribution in [0.4, 0.5) is 0 Å². The summed E-state index contributed by atoms with van der Waals surface area (Å²) in [5.74, 6) is 0.858. The van der Waals surface area contributed by atoms with E-state index in [1.54, 1.807) is 11.1 Å². The molecule has 0 saturated heterocycles. The van der Waals surface area contributed by atoms with Gasteiger partial charge >= 0.3 is 0 Å². The summed E-state index contributed by atoms with van der Waals surface area (Å²) in [5, 5.41) is 3.57. The third-order valence-corrected chi connectivity index (χ3v) is 4.91. The molecular formula is C17H25N. The predicted octanol–water partition coefficient (Wildman–Crippen LogP) is 4.02. The average molecular weight is 243 g/mol. The normalized spacial score (nSPS) is 21.8. The van der Waals surface area contributed by atoms with E-state index in [4.69, 9.17) is 0 Å². The molecule has 0 spiro atoms. The minimum Gasteiger partial charge on any atom is -0.313 e. The number of nitrogens with one attached hydrogen (secondary N) is 1. The van der Waals surface area contributed by atoms with Gasteiger partial charge in [-0.3, -0.25) is 0 Å². The number of aryl methyl sites for hydroxylation is 2. The molecule has 1 nitrogen and oxygen atoms in total. The van der Waals surface area contributed by atoms with Crippen molar-refractivity contribution in [2.45, 2.75) is 57.4 Å². The van der Waals surface area contributed by atoms with Gasteiger partial charge in [0.15, 0.2) is 0 Å². The predicted molar refractivity (Wildman–Crippen MR) is 76.8 cm³/mol. The van der Waals surface area contributed by atoms with Gasteiger partial charge in [-0.25, -0.2) is 0 Å². The van der Waals surface area contributed by atoms with Crippen LogP contribution in [-0.2, 0) is 12.8 Å². The molecule has 1 aromatic rings. The standard InChI is InChI=1S/C17H25N/c1-18-17(14-7-3-4-8-14)16-11-10-13-6-2-5-9-15(13)12-16/h10-12,14,17-18H,2-9H2,1H3. The number of rotatable bonds is 3. The van der Waals surface area contributed by atoms with Gasteiger partial charge in [0, 0.05) is 6.04 Å². The highest BCUT2D eigenvalue weighted by atomic mass is 14.9. The Morgan fingerprint density at radius 2 is 1.72 bits per heavy atom. The molecular weight excluding hydrogens is 218 g/mol. The molecule has 2 aliphatic carbocycles. The Morgan fingerprint density at radius 1 is 1.00 bits per heavy atom. The van der Waals surface area contributed by atoms with E-state index in [0.29, 0.717) is 6.04 Å². The van der Waals surface area contributed by atoms with E-state index >= 15 is 0 Å². The maximum atomic E-state index is 3.57. The van der Waals surface area contributed by atoms with Crippen molar-refractivity contribution in [1.82, 2.24) is 5.32 Å². The van der Waals surface area contributed by atoms with E-state index in [9.17, 15) is 0 Å². The molecule has 0 aliphatic heterocycles. The van der Waals surface area contributed by atoms with E-state index in [1.165, 1.54) is 56.9 Å². The van der Waals surface area contributed by atoms with Crippen LogP contribution in [0.3, 0.4) is 0 Å². The number of fused-ring (bicyclic) bond motifs is 1. The maximum Gasteiger partial charge on any atom is 0.0346 e. The second-order valence-electron chi connectivity index (χ2n) is 6.05. The minimum atomic E-state index is 0.583. The lowest BCUT2D eigenvalue weighted by Gasteiger charge is -2.25. The highest BCUT2D eigenvalue weighted by Crippen LogP contribution is 2.36. The van der Waals surface area contributed by atoms with Gasteiger partial charge in [-0.05, 0) is 68.2 Å². The molecule has 0 heterocycles. The topological polar surface area (TPSA) is 12.0 Å². The summed E-state index contributed by atoms with van der Waals surface area (Å²) in [6.07, 6.45) is 11.0. The second kappa shape index (κ2) is 5.44. The van der Waals surface area contributed by atoms with Crippen molar-refractivity contribution in [3.8, 4) is 0 Å². The third-order valence-electron chi connectivity index (χ3n) is 4.91. The smallest absolute Gasteiger partial charge is 0.0346 e. The summed E-state index contributed by atoms with van der Waals surface area (Å²) in [6.45, 7) is 0. The summed E-state index contributed by atoms with van der Waals surface area (Å²) >= 11 is 0. The molecule has 18 heavy (non-hydrogen) atoms. The van der Waals surface area contributed by atoms with E-state index < -0.39 is 0 Å². The molecule has 1 saturated carbocycles. The lowest BCUT2D eigenvalue weighted by atomic mass is 9.86. The van der Waals surface area contributed by atoms with E-state index in [0.717, 1.165) is 5.92 Å². The fourth-order valence-corrected chi connectivity index (χ4v) is 3.91. The molecule has 1 aromatic carbocycles. The van der Waals surface area contributed by atoms with Crippen LogP contribution in [-0.4, -0.2) is 7.05 Å². The van der Waals surface area contributed by atoms with Crippen molar-refractivity contribution in [1.29, 1.82) is 0 Å². The summed E-state index contributed by atoms with van der Waals surface area (Å²) < 4.78 is 0. The first kappa shape index (κ1) is 12.2. The Balaban J connectivity index is 1.85. The van der Waals surface area contributed by atoms with E-state index in [2.05, 4.69) is 30.6 Å². The summed E-state index contributed by atoms with van der Waals surface area (Å²) in [4.78, 5) is 0. The van der Waals surface area contributed by atoms with Gasteiger partial charge in [0.25, 0.3) is 0 Å². The fourth-order valence-electron chi connectivity index (χ4n) is 3.91. The third kappa shape index (κ3) is 2.33. The number of benzene rings is 1. The van der Waals surface area contributed by atoms with Gasteiger partial charge in [-0.2, -0.15) is 0 Å². The zero-order chi connectivity index (χ0) is 12.4. The Kier molecular flexibility index (Phi) is 3.69. The van der Waals surface area contributed by atoms with Crippen LogP contribution in [0.15, 0.2) is 18.2 Å². The number of hydrogen-bond donors (Lipinski definition) is 1. The van der Waals surface area contributed by atoms with Gasteiger partial charge in [0.2, 0.25) is 0 Å². The Morgan fingerprint density at radius 3 is 2.44 bits per heavy atom. The quantitative estimate of drug-likeness (QED) is 0.845. The van der Waals surface area contributed by atoms with Crippen LogP contribution in [0, 0.1) is 5.92 Å². The first-order valence-electron chi connectivity index (χ1n) is 7.67. The summed E-state index contributed by atoms with van der Waals surface area (Å²) in [5.41, 5.74) is 4.76. The first-order chi connectivity index (χ1) is 8.88. The lowest BCUT2D eigenvalue weighted by molar-refractivity contribution is 0.390. The van der Waals surface area contributed by atoms with Gasteiger partial charge in [0.05, 0.1) is 0 Å². The molecule has 1 fully saturated rings. The molecule has 0 aromatic heterocycles. The van der Waals surface area contributed by atoms with Gasteiger partial charge < -0.3 is 5.32 Å². The molecule has 2 aliphatic rings. The van der Waals surface area contributed by atoms with Gasteiger partial charge in [0.1, 0.15) is 0 Å². The van der Waals surface area contributed by atoms with Crippen molar-refractivity contribution in [2.75, 3.05) is 7.05 Å². The highest BCUT2D eigenvalue weighted by molar-refractivity contribution is 5.35. The minimum absolute atomic E-state index is 0.583. The summed E-state index contributed by atoms with van der Waals surface area (Å²) in [6, 6.07) is 7.85. The van der Waals surface area contributed by atoms with Crippen molar-refractivity contribution in [3.05, 3.63) is 34.9 Å². The van der Waals surface area contributed by atoms with Crippen LogP contribution < -0.4 is 5.32 Å². The van der Waals surface area contributed by atoms with Crippen molar-refractivity contribution in [3.63, 3.8) is 0 Å². The highest BCUT2D eigenvalue weighted by Gasteiger charge is 2.25. The molecule has 3 rings (SSSR count). The van der Waals surface area contributed by atoms with Gasteiger partial charge in [-0.15, -0.1) is 0 Å². The van der Waals surface area contributed by atoms with E-state index in [1.807, 2.05) is 0 Å². The summed E-state index contributed by atoms with van der Waals surface area (Å²) in [7, 11) is 2.13. The second-order valence-corrected chi connectivity index (χ2v) is 6.05. The van der Waals surface area contributed by atoms with Crippen molar-refractivity contribution >= 4 is 0 Å². The van der Waals surface area contributed by atoms with Crippen LogP contribution in [0.1, 0.15) is 61.3 Å². The van der Waals surface area contributed by atoms with Crippen LogP contribution in [0.5, 0.6) is 0 Å².